The molecule has 0 aliphatic heterocycles. The van der Waals surface area contributed by atoms with Crippen LogP contribution in [0.5, 0.6) is 0 Å². The molecule has 1 saturated carbocycles. The predicted molar refractivity (Wildman–Crippen MR) is 82.1 cm³/mol. The average Bonchev–Trinajstić information content (AvgIpc) is 3.02. The van der Waals surface area contributed by atoms with Crippen molar-refractivity contribution in [2.24, 2.45) is 0 Å². The van der Waals surface area contributed by atoms with E-state index < -0.39 is 0 Å². The van der Waals surface area contributed by atoms with Gasteiger partial charge in [0.15, 0.2) is 0 Å². The van der Waals surface area contributed by atoms with Gasteiger partial charge in [0.2, 0.25) is 0 Å². The van der Waals surface area contributed by atoms with Crippen LogP contribution in [0, 0.1) is 11.3 Å². The van der Waals surface area contributed by atoms with Crippen molar-refractivity contribution < 1.29 is 4.79 Å². The van der Waals surface area contributed by atoms with Crippen LogP contribution in [0.15, 0.2) is 42.1 Å². The van der Waals surface area contributed by atoms with E-state index in [4.69, 9.17) is 5.26 Å². The fourth-order valence-electron chi connectivity index (χ4n) is 2.54. The highest BCUT2D eigenvalue weighted by Gasteiger charge is 2.16. The molecule has 0 radical (unpaired) electrons. The van der Waals surface area contributed by atoms with E-state index in [0.29, 0.717) is 6.04 Å². The predicted octanol–water partition coefficient (Wildman–Crippen LogP) is 2.80. The molecular formula is C17H21N3O. The van der Waals surface area contributed by atoms with E-state index in [1.165, 1.54) is 12.8 Å². The zero-order valence-corrected chi connectivity index (χ0v) is 12.3. The fourth-order valence-corrected chi connectivity index (χ4v) is 2.54. The number of carbonyl (C=O) groups excluding carboxylic acids is 1. The van der Waals surface area contributed by atoms with Gasteiger partial charge in [-0.05, 0) is 25.3 Å². The number of amides is 1. The van der Waals surface area contributed by atoms with Crippen LogP contribution in [0.25, 0.3) is 0 Å². The third kappa shape index (κ3) is 4.35. The smallest absolute Gasteiger partial charge is 0.263 e. The molecule has 0 aromatic heterocycles. The van der Waals surface area contributed by atoms with Gasteiger partial charge in [-0.25, -0.2) is 0 Å². The van der Waals surface area contributed by atoms with E-state index in [2.05, 4.69) is 10.6 Å². The van der Waals surface area contributed by atoms with Gasteiger partial charge < -0.3 is 10.6 Å². The lowest BCUT2D eigenvalue weighted by Gasteiger charge is -2.14. The van der Waals surface area contributed by atoms with Crippen molar-refractivity contribution in [2.45, 2.75) is 44.7 Å². The highest BCUT2D eigenvalue weighted by Crippen LogP contribution is 2.17. The molecule has 110 valence electrons. The summed E-state index contributed by atoms with van der Waals surface area (Å²) in [6.07, 6.45) is 6.20. The highest BCUT2D eigenvalue weighted by molar-refractivity contribution is 5.97. The van der Waals surface area contributed by atoms with Crippen LogP contribution in [-0.2, 0) is 4.79 Å². The molecule has 0 bridgehead atoms. The molecule has 1 aromatic rings. The first kappa shape index (κ1) is 15.1. The van der Waals surface area contributed by atoms with E-state index in [-0.39, 0.29) is 17.5 Å². The van der Waals surface area contributed by atoms with Gasteiger partial charge in [-0.1, -0.05) is 43.2 Å². The number of nitrogens with one attached hydrogen (secondary N) is 2. The summed E-state index contributed by atoms with van der Waals surface area (Å²) in [4.78, 5) is 12.1. The van der Waals surface area contributed by atoms with Gasteiger partial charge in [0, 0.05) is 12.2 Å². The van der Waals surface area contributed by atoms with E-state index >= 15 is 0 Å². The zero-order chi connectivity index (χ0) is 15.1. The topological polar surface area (TPSA) is 64.9 Å². The van der Waals surface area contributed by atoms with Gasteiger partial charge in [0.25, 0.3) is 5.91 Å². The molecule has 0 saturated heterocycles. The Balaban J connectivity index is 1.93. The average molecular weight is 283 g/mol. The van der Waals surface area contributed by atoms with Gasteiger partial charge in [-0.2, -0.15) is 5.26 Å². The van der Waals surface area contributed by atoms with Crippen LogP contribution in [0.2, 0.25) is 0 Å². The van der Waals surface area contributed by atoms with Gasteiger partial charge in [-0.3, -0.25) is 4.79 Å². The number of hydrogen-bond acceptors (Lipinski definition) is 3. The molecule has 1 fully saturated rings. The minimum atomic E-state index is -0.334. The maximum Gasteiger partial charge on any atom is 0.263 e. The lowest BCUT2D eigenvalue weighted by atomic mass is 10.1. The van der Waals surface area contributed by atoms with Gasteiger partial charge in [0.1, 0.15) is 11.6 Å². The van der Waals surface area contributed by atoms with Crippen molar-refractivity contribution in [3.05, 3.63) is 47.7 Å². The van der Waals surface area contributed by atoms with Crippen molar-refractivity contribution in [2.75, 3.05) is 0 Å². The summed E-state index contributed by atoms with van der Waals surface area (Å²) >= 11 is 0. The molecule has 0 heterocycles. The molecule has 1 aliphatic rings. The Labute approximate surface area is 125 Å². The third-order valence-corrected chi connectivity index (χ3v) is 3.83. The molecule has 4 heteroatoms. The first-order valence-electron chi connectivity index (χ1n) is 7.43. The molecule has 2 rings (SSSR count). The Bertz CT molecular complexity index is 539. The summed E-state index contributed by atoms with van der Waals surface area (Å²) in [6, 6.07) is 12.0. The number of hydrogen-bond donors (Lipinski definition) is 2. The molecular weight excluding hydrogens is 262 g/mol. The zero-order valence-electron chi connectivity index (χ0n) is 12.3. The monoisotopic (exact) mass is 283 g/mol. The normalized spacial score (nSPS) is 17.0. The Hall–Kier alpha value is -2.28. The van der Waals surface area contributed by atoms with E-state index in [1.54, 1.807) is 6.20 Å². The molecule has 1 unspecified atom stereocenters. The summed E-state index contributed by atoms with van der Waals surface area (Å²) in [5.74, 6) is -0.334. The Kier molecular flexibility index (Phi) is 5.39. The van der Waals surface area contributed by atoms with Crippen molar-refractivity contribution >= 4 is 5.91 Å². The first-order valence-corrected chi connectivity index (χ1v) is 7.43. The second-order valence-corrected chi connectivity index (χ2v) is 5.42. The van der Waals surface area contributed by atoms with E-state index in [0.717, 1.165) is 18.4 Å². The second kappa shape index (κ2) is 7.49. The minimum absolute atomic E-state index is 0.123. The van der Waals surface area contributed by atoms with Crippen molar-refractivity contribution in [1.29, 1.82) is 5.26 Å². The van der Waals surface area contributed by atoms with E-state index in [1.807, 2.05) is 43.3 Å². The molecule has 1 atom stereocenters. The lowest BCUT2D eigenvalue weighted by molar-refractivity contribution is -0.117. The third-order valence-electron chi connectivity index (χ3n) is 3.83. The van der Waals surface area contributed by atoms with E-state index in [9.17, 15) is 4.79 Å². The van der Waals surface area contributed by atoms with Crippen molar-refractivity contribution in [3.63, 3.8) is 0 Å². The summed E-state index contributed by atoms with van der Waals surface area (Å²) in [7, 11) is 0. The quantitative estimate of drug-likeness (QED) is 0.645. The molecule has 1 aromatic carbocycles. The van der Waals surface area contributed by atoms with Gasteiger partial charge in [-0.15, -0.1) is 0 Å². The Morgan fingerprint density at radius 2 is 2.00 bits per heavy atom. The Morgan fingerprint density at radius 1 is 1.33 bits per heavy atom. The molecule has 21 heavy (non-hydrogen) atoms. The number of nitrogens with zero attached hydrogens (tertiary/aromatic N) is 1. The number of nitriles is 1. The number of benzene rings is 1. The largest absolute Gasteiger partial charge is 0.387 e. The van der Waals surface area contributed by atoms with Crippen LogP contribution in [0.1, 0.15) is 44.2 Å². The highest BCUT2D eigenvalue weighted by atomic mass is 16.1. The second-order valence-electron chi connectivity index (χ2n) is 5.42. The van der Waals surface area contributed by atoms with Gasteiger partial charge in [0.05, 0.1) is 6.04 Å². The van der Waals surface area contributed by atoms with Crippen LogP contribution >= 0.6 is 0 Å². The standard InChI is InChI=1S/C17H21N3O/c1-13(14-7-3-2-4-8-14)20-17(21)15(11-18)12-19-16-9-5-6-10-16/h2-4,7-8,12-13,16,19H,5-6,9-10H2,1H3,(H,20,21)/b15-12-. The van der Waals surface area contributed by atoms with Crippen molar-refractivity contribution in [1.82, 2.24) is 10.6 Å². The minimum Gasteiger partial charge on any atom is -0.387 e. The lowest BCUT2D eigenvalue weighted by Crippen LogP contribution is -2.29. The molecule has 1 aliphatic carbocycles. The van der Waals surface area contributed by atoms with Gasteiger partial charge >= 0.3 is 0 Å². The van der Waals surface area contributed by atoms with Crippen LogP contribution in [0.3, 0.4) is 0 Å². The Morgan fingerprint density at radius 3 is 2.62 bits per heavy atom. The SMILES string of the molecule is CC(NC(=O)/C(C#N)=C\NC1CCCC1)c1ccccc1. The number of rotatable bonds is 5. The van der Waals surface area contributed by atoms with Crippen molar-refractivity contribution in [3.8, 4) is 6.07 Å². The molecule has 4 nitrogen and oxygen atoms in total. The summed E-state index contributed by atoms with van der Waals surface area (Å²) in [6.45, 7) is 1.91. The summed E-state index contributed by atoms with van der Waals surface area (Å²) in [5, 5.41) is 15.2. The van der Waals surface area contributed by atoms with Crippen LogP contribution < -0.4 is 10.6 Å². The summed E-state index contributed by atoms with van der Waals surface area (Å²) in [5.41, 5.74) is 1.15. The molecule has 0 spiro atoms. The van der Waals surface area contributed by atoms with Crippen LogP contribution in [-0.4, -0.2) is 11.9 Å². The number of carbonyl (C=O) groups is 1. The van der Waals surface area contributed by atoms with Crippen LogP contribution in [0.4, 0.5) is 0 Å². The first-order chi connectivity index (χ1) is 10.2. The fraction of sp³-hybridized carbons (Fsp3) is 0.412. The maximum absolute atomic E-state index is 12.1. The molecule has 2 N–H and O–H groups in total. The maximum atomic E-state index is 12.1. The summed E-state index contributed by atoms with van der Waals surface area (Å²) < 4.78 is 0. The molecule has 1 amide bonds.